The average molecular weight is 197 g/mol. The zero-order valence-corrected chi connectivity index (χ0v) is 8.82. The van der Waals surface area contributed by atoms with Gasteiger partial charge in [-0.3, -0.25) is 0 Å². The van der Waals surface area contributed by atoms with Gasteiger partial charge in [0.1, 0.15) is 0 Å². The van der Waals surface area contributed by atoms with Crippen molar-refractivity contribution >= 4 is 9.53 Å². The predicted octanol–water partition coefficient (Wildman–Crippen LogP) is 1.48. The smallest absolute Gasteiger partial charge is 0.375 e. The van der Waals surface area contributed by atoms with Gasteiger partial charge in [0.15, 0.2) is 0 Å². The molecule has 0 amide bonds. The summed E-state index contributed by atoms with van der Waals surface area (Å²) in [5, 5.41) is 0. The Morgan fingerprint density at radius 2 is 1.69 bits per heavy atom. The lowest BCUT2D eigenvalue weighted by molar-refractivity contribution is 0.128. The molecule has 0 heterocycles. The van der Waals surface area contributed by atoms with Crippen molar-refractivity contribution < 1.29 is 13.3 Å². The van der Waals surface area contributed by atoms with E-state index >= 15 is 0 Å². The number of benzene rings is 1. The van der Waals surface area contributed by atoms with Crippen LogP contribution in [0.15, 0.2) is 30.3 Å². The molecule has 0 N–H and O–H groups in total. The Morgan fingerprint density at radius 1 is 1.08 bits per heavy atom. The summed E-state index contributed by atoms with van der Waals surface area (Å²) in [5.74, 6) is 0. The van der Waals surface area contributed by atoms with Crippen molar-refractivity contribution in [1.29, 1.82) is 0 Å². The topological polar surface area (TPSA) is 27.7 Å². The molecule has 0 saturated carbocycles. The van der Waals surface area contributed by atoms with Crippen molar-refractivity contribution in [3.63, 3.8) is 0 Å². The summed E-state index contributed by atoms with van der Waals surface area (Å²) in [4.78, 5) is 0. The van der Waals surface area contributed by atoms with Crippen LogP contribution in [0.5, 0.6) is 0 Å². The predicted molar refractivity (Wildman–Crippen MR) is 51.0 cm³/mol. The van der Waals surface area contributed by atoms with Crippen molar-refractivity contribution in [2.24, 2.45) is 0 Å². The normalized spacial score (nSPS) is 10.7. The minimum Gasteiger partial charge on any atom is -0.375 e. The van der Waals surface area contributed by atoms with E-state index in [0.29, 0.717) is 6.61 Å². The standard InChI is InChI=1S/C9H13O3Si/c1-10-13(11-2)12-8-9-6-4-3-5-7-9/h3-7H,8H2,1-2H3. The van der Waals surface area contributed by atoms with Gasteiger partial charge < -0.3 is 13.3 Å². The zero-order chi connectivity index (χ0) is 9.52. The van der Waals surface area contributed by atoms with Crippen molar-refractivity contribution in [2.45, 2.75) is 6.61 Å². The molecule has 0 aromatic heterocycles. The van der Waals surface area contributed by atoms with Crippen molar-refractivity contribution in [1.82, 2.24) is 0 Å². The maximum absolute atomic E-state index is 5.38. The second kappa shape index (κ2) is 5.88. The van der Waals surface area contributed by atoms with E-state index in [1.807, 2.05) is 30.3 Å². The quantitative estimate of drug-likeness (QED) is 0.669. The minimum atomic E-state index is -1.52. The minimum absolute atomic E-state index is 0.539. The van der Waals surface area contributed by atoms with Crippen LogP contribution in [0.3, 0.4) is 0 Å². The highest BCUT2D eigenvalue weighted by Gasteiger charge is 2.14. The fourth-order valence-corrected chi connectivity index (χ4v) is 1.60. The van der Waals surface area contributed by atoms with Gasteiger partial charge in [0.2, 0.25) is 0 Å². The maximum atomic E-state index is 5.38. The summed E-state index contributed by atoms with van der Waals surface area (Å²) in [6.45, 7) is 0.539. The Kier molecular flexibility index (Phi) is 4.70. The van der Waals surface area contributed by atoms with Crippen LogP contribution >= 0.6 is 0 Å². The highest BCUT2D eigenvalue weighted by molar-refractivity contribution is 6.36. The van der Waals surface area contributed by atoms with E-state index in [-0.39, 0.29) is 0 Å². The Balaban J connectivity index is 2.34. The molecule has 0 unspecified atom stereocenters. The molecular formula is C9H13O3Si. The molecule has 0 atom stereocenters. The van der Waals surface area contributed by atoms with Crippen LogP contribution in [0.25, 0.3) is 0 Å². The highest BCUT2D eigenvalue weighted by atomic mass is 28.3. The van der Waals surface area contributed by atoms with Crippen LogP contribution in [0.1, 0.15) is 5.56 Å². The van der Waals surface area contributed by atoms with Crippen molar-refractivity contribution in [3.8, 4) is 0 Å². The van der Waals surface area contributed by atoms with Gasteiger partial charge in [0, 0.05) is 14.2 Å². The Morgan fingerprint density at radius 3 is 2.23 bits per heavy atom. The first-order valence-electron chi connectivity index (χ1n) is 3.98. The van der Waals surface area contributed by atoms with E-state index in [0.717, 1.165) is 5.56 Å². The van der Waals surface area contributed by atoms with Gasteiger partial charge in [-0.15, -0.1) is 0 Å². The molecule has 4 heteroatoms. The summed E-state index contributed by atoms with van der Waals surface area (Å²) < 4.78 is 15.3. The first kappa shape index (κ1) is 10.4. The molecule has 3 nitrogen and oxygen atoms in total. The number of hydrogen-bond acceptors (Lipinski definition) is 3. The highest BCUT2D eigenvalue weighted by Crippen LogP contribution is 2.01. The molecule has 1 radical (unpaired) electrons. The fraction of sp³-hybridized carbons (Fsp3) is 0.333. The van der Waals surface area contributed by atoms with Gasteiger partial charge in [0.05, 0.1) is 6.61 Å². The average Bonchev–Trinajstić information content (AvgIpc) is 2.21. The van der Waals surface area contributed by atoms with Crippen LogP contribution in [-0.4, -0.2) is 23.7 Å². The summed E-state index contributed by atoms with van der Waals surface area (Å²) >= 11 is 0. The monoisotopic (exact) mass is 197 g/mol. The molecule has 0 saturated heterocycles. The molecule has 0 aliphatic carbocycles. The van der Waals surface area contributed by atoms with Crippen LogP contribution in [-0.2, 0) is 19.9 Å². The largest absolute Gasteiger partial charge is 0.577 e. The Bertz CT molecular complexity index is 224. The molecule has 0 spiro atoms. The Labute approximate surface area is 80.2 Å². The van der Waals surface area contributed by atoms with E-state index < -0.39 is 9.53 Å². The van der Waals surface area contributed by atoms with E-state index in [2.05, 4.69) is 0 Å². The third-order valence-corrected chi connectivity index (χ3v) is 2.58. The number of hydrogen-bond donors (Lipinski definition) is 0. The van der Waals surface area contributed by atoms with Gasteiger partial charge in [-0.25, -0.2) is 0 Å². The van der Waals surface area contributed by atoms with E-state index in [9.17, 15) is 0 Å². The molecule has 0 aliphatic heterocycles. The van der Waals surface area contributed by atoms with Gasteiger partial charge in [0.25, 0.3) is 0 Å². The first-order valence-corrected chi connectivity index (χ1v) is 5.21. The lowest BCUT2D eigenvalue weighted by atomic mass is 10.2. The van der Waals surface area contributed by atoms with Gasteiger partial charge in [-0.2, -0.15) is 0 Å². The molecule has 0 aliphatic rings. The van der Waals surface area contributed by atoms with Gasteiger partial charge in [-0.05, 0) is 5.56 Å². The van der Waals surface area contributed by atoms with Crippen LogP contribution < -0.4 is 0 Å². The van der Waals surface area contributed by atoms with Gasteiger partial charge in [-0.1, -0.05) is 30.3 Å². The van der Waals surface area contributed by atoms with Crippen molar-refractivity contribution in [3.05, 3.63) is 35.9 Å². The van der Waals surface area contributed by atoms with Crippen LogP contribution in [0, 0.1) is 0 Å². The van der Waals surface area contributed by atoms with Crippen molar-refractivity contribution in [2.75, 3.05) is 14.2 Å². The molecule has 1 aromatic carbocycles. The molecule has 1 aromatic rings. The maximum Gasteiger partial charge on any atom is 0.577 e. The molecule has 13 heavy (non-hydrogen) atoms. The summed E-state index contributed by atoms with van der Waals surface area (Å²) in [5.41, 5.74) is 1.12. The van der Waals surface area contributed by atoms with E-state index in [1.54, 1.807) is 14.2 Å². The molecule has 1 rings (SSSR count). The van der Waals surface area contributed by atoms with Crippen LogP contribution in [0.4, 0.5) is 0 Å². The second-order valence-corrected chi connectivity index (χ2v) is 4.04. The molecule has 0 bridgehead atoms. The lowest BCUT2D eigenvalue weighted by Crippen LogP contribution is -2.23. The SMILES string of the molecule is CO[Si](OC)OCc1ccccc1. The third kappa shape index (κ3) is 3.69. The van der Waals surface area contributed by atoms with E-state index in [4.69, 9.17) is 13.3 Å². The van der Waals surface area contributed by atoms with Crippen LogP contribution in [0.2, 0.25) is 0 Å². The fourth-order valence-electron chi connectivity index (χ4n) is 0.918. The lowest BCUT2D eigenvalue weighted by Gasteiger charge is -2.08. The summed E-state index contributed by atoms with van der Waals surface area (Å²) in [6, 6.07) is 9.94. The Hall–Kier alpha value is -0.683. The zero-order valence-electron chi connectivity index (χ0n) is 7.82. The molecular weight excluding hydrogens is 184 g/mol. The summed E-state index contributed by atoms with van der Waals surface area (Å²) in [6.07, 6.45) is 0. The second-order valence-electron chi connectivity index (χ2n) is 2.43. The number of rotatable bonds is 5. The molecule has 71 valence electrons. The summed E-state index contributed by atoms with van der Waals surface area (Å²) in [7, 11) is 1.65. The molecule has 0 fully saturated rings. The third-order valence-electron chi connectivity index (χ3n) is 1.53. The first-order chi connectivity index (χ1) is 6.36. The van der Waals surface area contributed by atoms with Gasteiger partial charge >= 0.3 is 9.53 Å². The van der Waals surface area contributed by atoms with E-state index in [1.165, 1.54) is 0 Å².